The van der Waals surface area contributed by atoms with Crippen molar-refractivity contribution in [1.82, 2.24) is 19.7 Å². The third kappa shape index (κ3) is 1.63. The summed E-state index contributed by atoms with van der Waals surface area (Å²) in [5.74, 6) is 1.26. The fourth-order valence-electron chi connectivity index (χ4n) is 1.50. The maximum absolute atomic E-state index is 5.44. The van der Waals surface area contributed by atoms with Gasteiger partial charge in [0.25, 0.3) is 0 Å². The molecule has 0 atom stereocenters. The number of halogens is 1. The number of fused-ring (bicyclic) bond motifs is 1. The molecule has 3 heterocycles. The van der Waals surface area contributed by atoms with E-state index >= 15 is 0 Å². The zero-order valence-corrected chi connectivity index (χ0v) is 9.81. The summed E-state index contributed by atoms with van der Waals surface area (Å²) in [6, 6.07) is 0. The van der Waals surface area contributed by atoms with Crippen LogP contribution in [0.3, 0.4) is 0 Å². The predicted octanol–water partition coefficient (Wildman–Crippen LogP) is 1.57. The monoisotopic (exact) mass is 281 g/mol. The molecule has 0 fully saturated rings. The lowest BCUT2D eigenvalue weighted by molar-refractivity contribution is 0.358. The minimum Gasteiger partial charge on any atom is -0.474 e. The number of hydrogen-bond acceptors (Lipinski definition) is 5. The van der Waals surface area contributed by atoms with Crippen LogP contribution < -0.4 is 10.1 Å². The first-order chi connectivity index (χ1) is 7.83. The van der Waals surface area contributed by atoms with Crippen LogP contribution in [0, 0.1) is 0 Å². The molecular formula is C9H8BrN5O. The maximum Gasteiger partial charge on any atom is 0.236 e. The van der Waals surface area contributed by atoms with Gasteiger partial charge < -0.3 is 10.1 Å². The molecule has 6 nitrogen and oxygen atoms in total. The second-order valence-electron chi connectivity index (χ2n) is 3.28. The van der Waals surface area contributed by atoms with Gasteiger partial charge in [0.05, 0.1) is 17.2 Å². The van der Waals surface area contributed by atoms with Gasteiger partial charge in [-0.2, -0.15) is 5.10 Å². The maximum atomic E-state index is 5.44. The van der Waals surface area contributed by atoms with Crippen LogP contribution in [0.5, 0.6) is 5.88 Å². The molecule has 0 saturated carbocycles. The molecule has 1 aliphatic rings. The van der Waals surface area contributed by atoms with Gasteiger partial charge in [0, 0.05) is 12.4 Å². The smallest absolute Gasteiger partial charge is 0.236 e. The lowest BCUT2D eigenvalue weighted by Crippen LogP contribution is -1.97. The molecule has 0 radical (unpaired) electrons. The van der Waals surface area contributed by atoms with Gasteiger partial charge in [0.2, 0.25) is 11.8 Å². The van der Waals surface area contributed by atoms with Gasteiger partial charge in [-0.15, -0.1) is 0 Å². The van der Waals surface area contributed by atoms with E-state index in [1.807, 2.05) is 0 Å². The highest BCUT2D eigenvalue weighted by Gasteiger charge is 2.18. The van der Waals surface area contributed by atoms with Crippen molar-refractivity contribution in [3.63, 3.8) is 0 Å². The van der Waals surface area contributed by atoms with Crippen LogP contribution in [0.15, 0.2) is 23.1 Å². The van der Waals surface area contributed by atoms with Gasteiger partial charge in [-0.3, -0.25) is 0 Å². The lowest BCUT2D eigenvalue weighted by atomic mass is 10.5. The average Bonchev–Trinajstić information content (AvgIpc) is 2.86. The summed E-state index contributed by atoms with van der Waals surface area (Å²) in [5.41, 5.74) is 0.792. The SMILES string of the molecule is Brc1cnc(Nc2cnn3c2OCC3)nc1. The van der Waals surface area contributed by atoms with Crippen LogP contribution in [0.1, 0.15) is 0 Å². The fourth-order valence-corrected chi connectivity index (χ4v) is 1.70. The predicted molar refractivity (Wildman–Crippen MR) is 60.7 cm³/mol. The Morgan fingerprint density at radius 1 is 1.31 bits per heavy atom. The first-order valence-corrected chi connectivity index (χ1v) is 5.55. The first kappa shape index (κ1) is 9.59. The molecule has 16 heavy (non-hydrogen) atoms. The standard InChI is InChI=1S/C9H8BrN5O/c10-6-3-11-9(12-4-6)14-7-5-13-15-1-2-16-8(7)15/h3-5H,1-2H2,(H,11,12,14). The van der Waals surface area contributed by atoms with Crippen molar-refractivity contribution in [3.8, 4) is 5.88 Å². The highest BCUT2D eigenvalue weighted by Crippen LogP contribution is 2.29. The molecule has 1 N–H and O–H groups in total. The lowest BCUT2D eigenvalue weighted by Gasteiger charge is -2.03. The van der Waals surface area contributed by atoms with Gasteiger partial charge in [-0.05, 0) is 15.9 Å². The van der Waals surface area contributed by atoms with E-state index in [0.29, 0.717) is 12.6 Å². The van der Waals surface area contributed by atoms with E-state index < -0.39 is 0 Å². The normalized spacial score (nSPS) is 13.3. The van der Waals surface area contributed by atoms with Crippen molar-refractivity contribution >= 4 is 27.6 Å². The summed E-state index contributed by atoms with van der Waals surface area (Å²) >= 11 is 3.28. The Labute approximate surface area is 99.8 Å². The minimum atomic E-state index is 0.523. The Morgan fingerprint density at radius 2 is 2.12 bits per heavy atom. The van der Waals surface area contributed by atoms with Gasteiger partial charge in [0.15, 0.2) is 0 Å². The number of nitrogens with one attached hydrogen (secondary N) is 1. The van der Waals surface area contributed by atoms with Crippen molar-refractivity contribution in [2.75, 3.05) is 11.9 Å². The van der Waals surface area contributed by atoms with E-state index in [1.54, 1.807) is 23.3 Å². The van der Waals surface area contributed by atoms with E-state index in [0.717, 1.165) is 22.6 Å². The summed E-state index contributed by atoms with van der Waals surface area (Å²) < 4.78 is 8.09. The molecule has 0 bridgehead atoms. The third-order valence-electron chi connectivity index (χ3n) is 2.20. The molecule has 7 heteroatoms. The quantitative estimate of drug-likeness (QED) is 0.905. The van der Waals surface area contributed by atoms with Gasteiger partial charge in [-0.25, -0.2) is 14.6 Å². The van der Waals surface area contributed by atoms with Crippen LogP contribution in [-0.4, -0.2) is 26.4 Å². The first-order valence-electron chi connectivity index (χ1n) is 4.76. The topological polar surface area (TPSA) is 64.9 Å². The second kappa shape index (κ2) is 3.75. The zero-order chi connectivity index (χ0) is 11.0. The Hall–Kier alpha value is -1.63. The van der Waals surface area contributed by atoms with Crippen LogP contribution >= 0.6 is 15.9 Å². The van der Waals surface area contributed by atoms with Crippen molar-refractivity contribution in [1.29, 1.82) is 0 Å². The number of ether oxygens (including phenoxy) is 1. The van der Waals surface area contributed by atoms with E-state index in [4.69, 9.17) is 4.74 Å². The van der Waals surface area contributed by atoms with E-state index in [9.17, 15) is 0 Å². The molecule has 1 aliphatic heterocycles. The Balaban J connectivity index is 1.86. The Bertz CT molecular complexity index is 509. The van der Waals surface area contributed by atoms with Gasteiger partial charge >= 0.3 is 0 Å². The Kier molecular flexibility index (Phi) is 2.24. The Morgan fingerprint density at radius 3 is 2.94 bits per heavy atom. The summed E-state index contributed by atoms with van der Waals surface area (Å²) in [6.45, 7) is 1.46. The van der Waals surface area contributed by atoms with Crippen LogP contribution in [0.4, 0.5) is 11.6 Å². The van der Waals surface area contributed by atoms with E-state index in [-0.39, 0.29) is 0 Å². The average molecular weight is 282 g/mol. The minimum absolute atomic E-state index is 0.523. The number of aromatic nitrogens is 4. The molecular weight excluding hydrogens is 274 g/mol. The molecule has 0 aliphatic carbocycles. The summed E-state index contributed by atoms with van der Waals surface area (Å²) in [4.78, 5) is 8.23. The fraction of sp³-hybridized carbons (Fsp3) is 0.222. The van der Waals surface area contributed by atoms with Gasteiger partial charge in [-0.1, -0.05) is 0 Å². The summed E-state index contributed by atoms with van der Waals surface area (Å²) in [5, 5.41) is 7.23. The molecule has 0 aromatic carbocycles. The number of rotatable bonds is 2. The van der Waals surface area contributed by atoms with Crippen LogP contribution in [0.25, 0.3) is 0 Å². The summed E-state index contributed by atoms with van der Waals surface area (Å²) in [7, 11) is 0. The number of hydrogen-bond donors (Lipinski definition) is 1. The third-order valence-corrected chi connectivity index (χ3v) is 2.61. The number of anilines is 2. The zero-order valence-electron chi connectivity index (χ0n) is 8.22. The van der Waals surface area contributed by atoms with E-state index in [2.05, 4.69) is 36.3 Å². The molecule has 82 valence electrons. The van der Waals surface area contributed by atoms with Crippen molar-refractivity contribution < 1.29 is 4.74 Å². The molecule has 0 saturated heterocycles. The molecule has 3 rings (SSSR count). The molecule has 2 aromatic heterocycles. The second-order valence-corrected chi connectivity index (χ2v) is 4.20. The molecule has 0 amide bonds. The van der Waals surface area contributed by atoms with Crippen LogP contribution in [0.2, 0.25) is 0 Å². The van der Waals surface area contributed by atoms with Gasteiger partial charge in [0.1, 0.15) is 12.3 Å². The summed E-state index contributed by atoms with van der Waals surface area (Å²) in [6.07, 6.45) is 5.07. The number of nitrogens with zero attached hydrogens (tertiary/aromatic N) is 4. The molecule has 2 aromatic rings. The molecule has 0 unspecified atom stereocenters. The van der Waals surface area contributed by atoms with E-state index in [1.165, 1.54) is 0 Å². The van der Waals surface area contributed by atoms with Crippen molar-refractivity contribution in [3.05, 3.63) is 23.1 Å². The van der Waals surface area contributed by atoms with Crippen LogP contribution in [-0.2, 0) is 6.54 Å². The highest BCUT2D eigenvalue weighted by molar-refractivity contribution is 9.10. The molecule has 0 spiro atoms. The van der Waals surface area contributed by atoms with Crippen molar-refractivity contribution in [2.45, 2.75) is 6.54 Å². The highest BCUT2D eigenvalue weighted by atomic mass is 79.9. The van der Waals surface area contributed by atoms with Crippen molar-refractivity contribution in [2.24, 2.45) is 0 Å². The largest absolute Gasteiger partial charge is 0.474 e.